The molecule has 8 nitrogen and oxygen atoms in total. The number of aromatic nitrogens is 1. The van der Waals surface area contributed by atoms with Crippen molar-refractivity contribution in [2.24, 2.45) is 5.92 Å². The third kappa shape index (κ3) is 5.99. The van der Waals surface area contributed by atoms with E-state index in [1.165, 1.54) is 25.7 Å². The van der Waals surface area contributed by atoms with Crippen LogP contribution in [0.2, 0.25) is 0 Å². The second kappa shape index (κ2) is 11.9. The van der Waals surface area contributed by atoms with Crippen molar-refractivity contribution >= 4 is 39.6 Å². The molecule has 0 radical (unpaired) electrons. The van der Waals surface area contributed by atoms with Crippen LogP contribution in [0.25, 0.3) is 10.9 Å². The van der Waals surface area contributed by atoms with E-state index in [-0.39, 0.29) is 12.0 Å². The summed E-state index contributed by atoms with van der Waals surface area (Å²) in [6.45, 7) is 4.22. The summed E-state index contributed by atoms with van der Waals surface area (Å²) >= 11 is 0. The van der Waals surface area contributed by atoms with Gasteiger partial charge in [0.05, 0.1) is 17.0 Å². The van der Waals surface area contributed by atoms with E-state index in [1.54, 1.807) is 34.2 Å². The molecule has 0 bridgehead atoms. The summed E-state index contributed by atoms with van der Waals surface area (Å²) in [6, 6.07) is 14.7. The van der Waals surface area contributed by atoms with Crippen LogP contribution in [0.3, 0.4) is 0 Å². The Morgan fingerprint density at radius 2 is 1.76 bits per heavy atom. The first-order valence-corrected chi connectivity index (χ1v) is 14.5. The Bertz CT molecular complexity index is 1330. The van der Waals surface area contributed by atoms with E-state index in [9.17, 15) is 13.8 Å². The highest BCUT2D eigenvalue weighted by molar-refractivity contribution is 7.86. The first kappa shape index (κ1) is 26.2. The molecule has 1 atom stereocenters. The summed E-state index contributed by atoms with van der Waals surface area (Å²) in [5.74, 6) is 0.616. The Balaban J connectivity index is 1.14. The van der Waals surface area contributed by atoms with Gasteiger partial charge in [-0.15, -0.1) is 0 Å². The average Bonchev–Trinajstić information content (AvgIpc) is 3.47. The quantitative estimate of drug-likeness (QED) is 0.453. The van der Waals surface area contributed by atoms with E-state index >= 15 is 0 Å². The summed E-state index contributed by atoms with van der Waals surface area (Å²) in [7, 11) is -1.51. The van der Waals surface area contributed by atoms with Crippen LogP contribution in [-0.4, -0.2) is 63.8 Å². The van der Waals surface area contributed by atoms with Crippen molar-refractivity contribution in [2.45, 2.75) is 43.9 Å². The van der Waals surface area contributed by atoms with Crippen LogP contribution in [0.1, 0.15) is 48.0 Å². The number of ether oxygens (including phenoxy) is 1. The predicted octanol–water partition coefficient (Wildman–Crippen LogP) is 5.15. The van der Waals surface area contributed by atoms with Gasteiger partial charge in [-0.1, -0.05) is 43.9 Å². The van der Waals surface area contributed by atoms with Crippen LogP contribution in [0.15, 0.2) is 59.6 Å². The van der Waals surface area contributed by atoms with Gasteiger partial charge < -0.3 is 19.3 Å². The van der Waals surface area contributed by atoms with Gasteiger partial charge in [-0.05, 0) is 55.2 Å². The summed E-state index contributed by atoms with van der Waals surface area (Å²) in [5, 5.41) is 0.926. The molecule has 1 N–H and O–H groups in total. The maximum atomic E-state index is 13.2. The van der Waals surface area contributed by atoms with Crippen LogP contribution in [0.5, 0.6) is 0 Å². The van der Waals surface area contributed by atoms with Gasteiger partial charge in [-0.25, -0.2) is 9.00 Å². The number of carbonyl (C=O) groups excluding carboxylic acids is 2. The van der Waals surface area contributed by atoms with Crippen molar-refractivity contribution in [3.05, 3.63) is 65.9 Å². The van der Waals surface area contributed by atoms with Crippen molar-refractivity contribution in [3.8, 4) is 0 Å². The van der Waals surface area contributed by atoms with E-state index in [0.29, 0.717) is 60.4 Å². The lowest BCUT2D eigenvalue weighted by Crippen LogP contribution is -2.50. The van der Waals surface area contributed by atoms with E-state index in [0.717, 1.165) is 17.4 Å². The normalized spacial score (nSPS) is 17.0. The molecule has 200 valence electrons. The molecule has 2 fully saturated rings. The van der Waals surface area contributed by atoms with Gasteiger partial charge in [0.1, 0.15) is 0 Å². The second-order valence-corrected chi connectivity index (χ2v) is 11.2. The minimum absolute atomic E-state index is 0.0757. The van der Waals surface area contributed by atoms with Crippen molar-refractivity contribution < 1.29 is 18.5 Å². The Morgan fingerprint density at radius 1 is 1.03 bits per heavy atom. The first-order chi connectivity index (χ1) is 18.5. The number of rotatable bonds is 7. The minimum Gasteiger partial charge on any atom is -0.449 e. The molecule has 1 saturated carbocycles. The van der Waals surface area contributed by atoms with Crippen LogP contribution in [-0.2, 0) is 15.7 Å². The summed E-state index contributed by atoms with van der Waals surface area (Å²) in [5.41, 5.74) is 2.78. The van der Waals surface area contributed by atoms with E-state index < -0.39 is 11.0 Å². The molecule has 38 heavy (non-hydrogen) atoms. The lowest BCUT2D eigenvalue weighted by Gasteiger charge is -2.34. The third-order valence-corrected chi connectivity index (χ3v) is 8.66. The van der Waals surface area contributed by atoms with E-state index in [2.05, 4.69) is 9.71 Å². The molecular formula is C29H34N4O4S. The Morgan fingerprint density at radius 3 is 2.53 bits per heavy atom. The Hall–Kier alpha value is -3.46. The topological polar surface area (TPSA) is 91.8 Å². The first-order valence-electron chi connectivity index (χ1n) is 13.3. The van der Waals surface area contributed by atoms with Gasteiger partial charge in [-0.2, -0.15) is 0 Å². The van der Waals surface area contributed by atoms with Crippen molar-refractivity contribution in [2.75, 3.05) is 37.5 Å². The standard InChI is InChI=1S/C29H34N4O4S/c1-21-20-24(11-12-25(21)31-38(36)26-10-4-8-23-9-5-14-30-27(23)26)28(34)32-15-17-33(18-16-32)29(35)37-19-13-22-6-2-3-7-22/h4-5,8-12,14,20,22,31H,2-3,6-7,13,15-19H2,1H3. The molecule has 5 rings (SSSR count). The van der Waals surface area contributed by atoms with Crippen LogP contribution >= 0.6 is 0 Å². The fourth-order valence-corrected chi connectivity index (χ4v) is 6.36. The number of aryl methyl sites for hydroxylation is 1. The van der Waals surface area contributed by atoms with E-state index in [4.69, 9.17) is 4.74 Å². The lowest BCUT2D eigenvalue weighted by molar-refractivity contribution is 0.0548. The molecule has 2 aromatic carbocycles. The smallest absolute Gasteiger partial charge is 0.409 e. The monoisotopic (exact) mass is 534 g/mol. The minimum atomic E-state index is -1.51. The molecule has 2 amide bonds. The van der Waals surface area contributed by atoms with Crippen LogP contribution in [0.4, 0.5) is 10.5 Å². The number of nitrogens with one attached hydrogen (secondary N) is 1. The predicted molar refractivity (Wildman–Crippen MR) is 148 cm³/mol. The number of pyridine rings is 1. The van der Waals surface area contributed by atoms with Crippen molar-refractivity contribution in [1.29, 1.82) is 0 Å². The number of para-hydroxylation sites is 1. The highest BCUT2D eigenvalue weighted by atomic mass is 32.2. The molecule has 2 heterocycles. The highest BCUT2D eigenvalue weighted by Gasteiger charge is 2.26. The molecule has 1 aromatic heterocycles. The number of hydrogen-bond donors (Lipinski definition) is 1. The molecule has 2 aliphatic rings. The van der Waals surface area contributed by atoms with Gasteiger partial charge >= 0.3 is 6.09 Å². The molecule has 3 aromatic rings. The number of fused-ring (bicyclic) bond motifs is 1. The maximum Gasteiger partial charge on any atom is 0.409 e. The van der Waals surface area contributed by atoms with Crippen LogP contribution < -0.4 is 4.72 Å². The van der Waals surface area contributed by atoms with Gasteiger partial charge in [0.2, 0.25) is 0 Å². The SMILES string of the molecule is Cc1cc(C(=O)N2CCN(C(=O)OCCC3CCCC3)CC2)ccc1NS(=O)c1cccc2cccnc12. The average molecular weight is 535 g/mol. The number of piperazine rings is 1. The Labute approximate surface area is 226 Å². The fourth-order valence-electron chi connectivity index (χ4n) is 5.27. The maximum absolute atomic E-state index is 13.2. The Kier molecular flexibility index (Phi) is 8.22. The second-order valence-electron chi connectivity index (χ2n) is 10.1. The fraction of sp³-hybridized carbons (Fsp3) is 0.414. The van der Waals surface area contributed by atoms with Gasteiger partial charge in [0.25, 0.3) is 5.91 Å². The number of anilines is 1. The zero-order chi connectivity index (χ0) is 26.5. The van der Waals surface area contributed by atoms with E-state index in [1.807, 2.05) is 37.3 Å². The summed E-state index contributed by atoms with van der Waals surface area (Å²) in [6.07, 6.45) is 7.42. The molecule has 0 spiro atoms. The third-order valence-electron chi connectivity index (χ3n) is 7.52. The zero-order valence-electron chi connectivity index (χ0n) is 21.7. The van der Waals surface area contributed by atoms with Gasteiger partial charge in [0, 0.05) is 49.0 Å². The summed E-state index contributed by atoms with van der Waals surface area (Å²) < 4.78 is 21.7. The highest BCUT2D eigenvalue weighted by Crippen LogP contribution is 2.27. The molecular weight excluding hydrogens is 500 g/mol. The number of carbonyl (C=O) groups is 2. The number of hydrogen-bond acceptors (Lipinski definition) is 5. The van der Waals surface area contributed by atoms with Gasteiger partial charge in [-0.3, -0.25) is 9.78 Å². The zero-order valence-corrected chi connectivity index (χ0v) is 22.5. The molecule has 1 unspecified atom stereocenters. The van der Waals surface area contributed by atoms with Crippen LogP contribution in [0, 0.1) is 12.8 Å². The lowest BCUT2D eigenvalue weighted by atomic mass is 10.1. The molecule has 1 saturated heterocycles. The van der Waals surface area contributed by atoms with Crippen molar-refractivity contribution in [3.63, 3.8) is 0 Å². The molecule has 1 aliphatic heterocycles. The number of benzene rings is 2. The largest absolute Gasteiger partial charge is 0.449 e. The summed E-state index contributed by atoms with van der Waals surface area (Å²) in [4.78, 5) is 34.0. The number of nitrogens with zero attached hydrogens (tertiary/aromatic N) is 3. The van der Waals surface area contributed by atoms with Gasteiger partial charge in [0.15, 0.2) is 11.0 Å². The van der Waals surface area contributed by atoms with Crippen molar-refractivity contribution in [1.82, 2.24) is 14.8 Å². The number of amides is 2. The molecule has 9 heteroatoms. The molecule has 1 aliphatic carbocycles.